The third kappa shape index (κ3) is 5.48. The Morgan fingerprint density at radius 2 is 1.80 bits per heavy atom. The zero-order chi connectivity index (χ0) is 15.4. The van der Waals surface area contributed by atoms with Crippen molar-refractivity contribution < 1.29 is 26.7 Å². The molecular weight excluding hydrogens is 295 g/mol. The quantitative estimate of drug-likeness (QED) is 0.842. The van der Waals surface area contributed by atoms with Crippen molar-refractivity contribution >= 4 is 10.0 Å². The fourth-order valence-corrected chi connectivity index (χ4v) is 2.93. The lowest BCUT2D eigenvalue weighted by atomic mass is 10.2. The molecule has 4 nitrogen and oxygen atoms in total. The van der Waals surface area contributed by atoms with E-state index in [2.05, 4.69) is 0 Å². The summed E-state index contributed by atoms with van der Waals surface area (Å²) in [6.45, 7) is 1.10. The molecule has 114 valence electrons. The molecule has 0 spiro atoms. The maximum Gasteiger partial charge on any atom is 0.390 e. The summed E-state index contributed by atoms with van der Waals surface area (Å²) in [5, 5.41) is 8.74. The second-order valence-corrected chi connectivity index (χ2v) is 6.17. The fourth-order valence-electron chi connectivity index (χ4n) is 1.69. The van der Waals surface area contributed by atoms with Gasteiger partial charge >= 0.3 is 6.18 Å². The van der Waals surface area contributed by atoms with Crippen LogP contribution in [0.4, 0.5) is 13.2 Å². The first kappa shape index (κ1) is 16.9. The molecule has 0 saturated heterocycles. The lowest BCUT2D eigenvalue weighted by Gasteiger charge is -2.16. The molecule has 1 rings (SSSR count). The van der Waals surface area contributed by atoms with Gasteiger partial charge in [-0.3, -0.25) is 0 Å². The lowest BCUT2D eigenvalue weighted by molar-refractivity contribution is -0.137. The maximum absolute atomic E-state index is 12.2. The molecule has 0 aromatic heterocycles. The molecule has 20 heavy (non-hydrogen) atoms. The molecule has 1 aromatic carbocycles. The van der Waals surface area contributed by atoms with Gasteiger partial charge in [-0.25, -0.2) is 13.1 Å². The molecule has 2 N–H and O–H groups in total. The number of aliphatic hydroxyl groups is 1. The van der Waals surface area contributed by atoms with Crippen molar-refractivity contribution in [2.45, 2.75) is 36.9 Å². The van der Waals surface area contributed by atoms with Gasteiger partial charge in [0.1, 0.15) is 0 Å². The van der Waals surface area contributed by atoms with Crippen LogP contribution in [0.15, 0.2) is 29.2 Å². The predicted molar refractivity (Wildman–Crippen MR) is 67.7 cm³/mol. The summed E-state index contributed by atoms with van der Waals surface area (Å²) in [5.74, 6) is 0. The van der Waals surface area contributed by atoms with Gasteiger partial charge in [-0.05, 0) is 31.0 Å². The number of rotatable bonds is 6. The maximum atomic E-state index is 12.2. The molecule has 8 heteroatoms. The molecule has 1 aromatic rings. The topological polar surface area (TPSA) is 66.4 Å². The van der Waals surface area contributed by atoms with Crippen molar-refractivity contribution in [2.24, 2.45) is 0 Å². The Hall–Kier alpha value is -1.12. The molecular formula is C12H16F3NO3S. The number of halogens is 3. The van der Waals surface area contributed by atoms with Gasteiger partial charge < -0.3 is 5.11 Å². The number of benzene rings is 1. The van der Waals surface area contributed by atoms with E-state index < -0.39 is 28.7 Å². The van der Waals surface area contributed by atoms with E-state index in [4.69, 9.17) is 5.11 Å². The summed E-state index contributed by atoms with van der Waals surface area (Å²) < 4.78 is 62.2. The highest BCUT2D eigenvalue weighted by molar-refractivity contribution is 7.89. The van der Waals surface area contributed by atoms with Crippen molar-refractivity contribution in [1.82, 2.24) is 4.72 Å². The lowest BCUT2D eigenvalue weighted by Crippen LogP contribution is -2.35. The Bertz CT molecular complexity index is 526. The number of hydrogen-bond donors (Lipinski definition) is 2. The summed E-state index contributed by atoms with van der Waals surface area (Å²) >= 11 is 0. The smallest absolute Gasteiger partial charge is 0.390 e. The molecule has 1 unspecified atom stereocenters. The van der Waals surface area contributed by atoms with Crippen LogP contribution in [-0.4, -0.2) is 32.3 Å². The normalized spacial score (nSPS) is 14.2. The van der Waals surface area contributed by atoms with Crippen LogP contribution in [0.5, 0.6) is 0 Å². The van der Waals surface area contributed by atoms with E-state index in [9.17, 15) is 21.6 Å². The Labute approximate surface area is 115 Å². The molecule has 0 saturated carbocycles. The molecule has 0 aliphatic rings. The predicted octanol–water partition coefficient (Wildman–Crippen LogP) is 1.84. The Morgan fingerprint density at radius 1 is 1.25 bits per heavy atom. The Kier molecular flexibility index (Phi) is 5.55. The summed E-state index contributed by atoms with van der Waals surface area (Å²) in [5.41, 5.74) is 0.745. The van der Waals surface area contributed by atoms with Crippen LogP contribution in [0.25, 0.3) is 0 Å². The molecule has 0 aliphatic heterocycles. The number of alkyl halides is 3. The van der Waals surface area contributed by atoms with Gasteiger partial charge in [-0.2, -0.15) is 13.2 Å². The van der Waals surface area contributed by atoms with E-state index in [0.29, 0.717) is 6.42 Å². The first-order valence-electron chi connectivity index (χ1n) is 5.93. The number of aliphatic hydroxyl groups excluding tert-OH is 1. The molecule has 0 bridgehead atoms. The van der Waals surface area contributed by atoms with E-state index in [1.165, 1.54) is 24.3 Å². The fraction of sp³-hybridized carbons (Fsp3) is 0.500. The summed E-state index contributed by atoms with van der Waals surface area (Å²) in [4.78, 5) is -0.104. The van der Waals surface area contributed by atoms with Crippen molar-refractivity contribution in [3.63, 3.8) is 0 Å². The molecule has 1 atom stereocenters. The first-order valence-corrected chi connectivity index (χ1v) is 7.41. The van der Waals surface area contributed by atoms with Crippen molar-refractivity contribution in [3.05, 3.63) is 29.8 Å². The second-order valence-electron chi connectivity index (χ2n) is 4.46. The zero-order valence-corrected chi connectivity index (χ0v) is 11.6. The highest BCUT2D eigenvalue weighted by atomic mass is 32.2. The van der Waals surface area contributed by atoms with E-state index in [0.717, 1.165) is 12.5 Å². The van der Waals surface area contributed by atoms with Crippen LogP contribution in [0, 0.1) is 0 Å². The molecule has 0 amide bonds. The largest absolute Gasteiger partial charge is 0.396 e. The van der Waals surface area contributed by atoms with Gasteiger partial charge in [0.25, 0.3) is 0 Å². The Morgan fingerprint density at radius 3 is 2.25 bits per heavy atom. The van der Waals surface area contributed by atoms with E-state index in [-0.39, 0.29) is 11.5 Å². The highest BCUT2D eigenvalue weighted by Crippen LogP contribution is 2.22. The van der Waals surface area contributed by atoms with Crippen molar-refractivity contribution in [3.8, 4) is 0 Å². The summed E-state index contributed by atoms with van der Waals surface area (Å²) in [6, 6.07) is 4.39. The number of hydrogen-bond acceptors (Lipinski definition) is 3. The van der Waals surface area contributed by atoms with Crippen molar-refractivity contribution in [1.29, 1.82) is 0 Å². The second kappa shape index (κ2) is 6.55. The van der Waals surface area contributed by atoms with Crippen LogP contribution in [0.3, 0.4) is 0 Å². The van der Waals surface area contributed by atoms with Gasteiger partial charge in [0.05, 0.1) is 11.3 Å². The SMILES string of the molecule is CC(CC(F)(F)F)NS(=O)(=O)c1ccc(CCO)cc1. The minimum absolute atomic E-state index is 0.0625. The van der Waals surface area contributed by atoms with Crippen LogP contribution < -0.4 is 4.72 Å². The zero-order valence-electron chi connectivity index (χ0n) is 10.8. The van der Waals surface area contributed by atoms with Crippen LogP contribution >= 0.6 is 0 Å². The van der Waals surface area contributed by atoms with E-state index >= 15 is 0 Å². The molecule has 0 radical (unpaired) electrons. The number of nitrogens with one attached hydrogen (secondary N) is 1. The summed E-state index contributed by atoms with van der Waals surface area (Å²) in [7, 11) is -3.98. The van der Waals surface area contributed by atoms with Gasteiger partial charge in [-0.1, -0.05) is 12.1 Å². The number of sulfonamides is 1. The monoisotopic (exact) mass is 311 g/mol. The molecule has 0 fully saturated rings. The van der Waals surface area contributed by atoms with E-state index in [1.807, 2.05) is 4.72 Å². The van der Waals surface area contributed by atoms with Crippen molar-refractivity contribution in [2.75, 3.05) is 6.61 Å². The molecule has 0 heterocycles. The van der Waals surface area contributed by atoms with Gasteiger partial charge in [0.15, 0.2) is 0 Å². The molecule has 0 aliphatic carbocycles. The van der Waals surface area contributed by atoms with E-state index in [1.54, 1.807) is 0 Å². The van der Waals surface area contributed by atoms with Gasteiger partial charge in [-0.15, -0.1) is 0 Å². The average Bonchev–Trinajstić information content (AvgIpc) is 2.26. The Balaban J connectivity index is 2.78. The van der Waals surface area contributed by atoms with Gasteiger partial charge in [0.2, 0.25) is 10.0 Å². The highest BCUT2D eigenvalue weighted by Gasteiger charge is 2.31. The third-order valence-electron chi connectivity index (χ3n) is 2.53. The van der Waals surface area contributed by atoms with Crippen LogP contribution in [0.1, 0.15) is 18.9 Å². The van der Waals surface area contributed by atoms with Gasteiger partial charge in [0, 0.05) is 12.6 Å². The van der Waals surface area contributed by atoms with Crippen LogP contribution in [0.2, 0.25) is 0 Å². The third-order valence-corrected chi connectivity index (χ3v) is 4.13. The minimum atomic E-state index is -4.42. The van der Waals surface area contributed by atoms with Crippen LogP contribution in [-0.2, 0) is 16.4 Å². The minimum Gasteiger partial charge on any atom is -0.396 e. The average molecular weight is 311 g/mol. The first-order chi connectivity index (χ1) is 9.14. The standard InChI is InChI=1S/C12H16F3NO3S/c1-9(8-12(13,14)15)16-20(18,19)11-4-2-10(3-5-11)6-7-17/h2-5,9,16-17H,6-8H2,1H3. The summed E-state index contributed by atoms with van der Waals surface area (Å²) in [6.07, 6.45) is -5.26.